The van der Waals surface area contributed by atoms with Crippen molar-refractivity contribution in [3.63, 3.8) is 0 Å². The summed E-state index contributed by atoms with van der Waals surface area (Å²) in [5.41, 5.74) is 4.62. The Morgan fingerprint density at radius 1 is 1.29 bits per heavy atom. The molecule has 3 heteroatoms. The van der Waals surface area contributed by atoms with Gasteiger partial charge in [-0.15, -0.1) is 0 Å². The molecular formula is C14H19NO2. The normalized spacial score (nSPS) is 18.8. The highest BCUT2D eigenvalue weighted by molar-refractivity contribution is 5.99. The molecule has 1 aliphatic heterocycles. The monoisotopic (exact) mass is 233 g/mol. The zero-order chi connectivity index (χ0) is 12.6. The van der Waals surface area contributed by atoms with E-state index in [0.717, 1.165) is 17.0 Å². The van der Waals surface area contributed by atoms with E-state index in [2.05, 4.69) is 37.9 Å². The van der Waals surface area contributed by atoms with Gasteiger partial charge in [-0.3, -0.25) is 4.99 Å². The molecule has 0 N–H and O–H groups in total. The summed E-state index contributed by atoms with van der Waals surface area (Å²) in [4.78, 5) is 14.5. The molecule has 1 aromatic rings. The largest absolute Gasteiger partial charge is 0.257 e. The van der Waals surface area contributed by atoms with Crippen molar-refractivity contribution in [3.8, 4) is 0 Å². The highest BCUT2D eigenvalue weighted by Gasteiger charge is 2.32. The number of benzene rings is 1. The van der Waals surface area contributed by atoms with E-state index >= 15 is 0 Å². The van der Waals surface area contributed by atoms with Gasteiger partial charge in [0.15, 0.2) is 0 Å². The number of aliphatic imine (C=N–C) groups is 1. The first-order chi connectivity index (χ1) is 7.96. The topological polar surface area (TPSA) is 30.8 Å². The average Bonchev–Trinajstić information content (AvgIpc) is 2.50. The molecule has 3 nitrogen and oxygen atoms in total. The van der Waals surface area contributed by atoms with Gasteiger partial charge in [0.1, 0.15) is 6.10 Å². The van der Waals surface area contributed by atoms with Crippen LogP contribution >= 0.6 is 0 Å². The van der Waals surface area contributed by atoms with Crippen LogP contribution in [0.4, 0.5) is 5.69 Å². The van der Waals surface area contributed by atoms with E-state index in [-0.39, 0.29) is 11.5 Å². The molecule has 0 aromatic heterocycles. The molecule has 1 aromatic carbocycles. The van der Waals surface area contributed by atoms with E-state index in [9.17, 15) is 0 Å². The van der Waals surface area contributed by atoms with Crippen LogP contribution in [0.25, 0.3) is 0 Å². The summed E-state index contributed by atoms with van der Waals surface area (Å²) in [7, 11) is 1.53. The fraction of sp³-hybridized carbons (Fsp3) is 0.500. The Labute approximate surface area is 102 Å². The van der Waals surface area contributed by atoms with Gasteiger partial charge in [0.05, 0.1) is 12.8 Å². The van der Waals surface area contributed by atoms with Gasteiger partial charge in [0, 0.05) is 11.1 Å². The van der Waals surface area contributed by atoms with Crippen molar-refractivity contribution < 1.29 is 9.78 Å². The Morgan fingerprint density at radius 2 is 2.00 bits per heavy atom. The molecule has 0 fully saturated rings. The Balaban J connectivity index is 2.38. The number of hydrogen-bond acceptors (Lipinski definition) is 3. The second-order valence-corrected chi connectivity index (χ2v) is 5.00. The Bertz CT molecular complexity index is 463. The van der Waals surface area contributed by atoms with Crippen molar-refractivity contribution in [2.45, 2.75) is 39.2 Å². The first-order valence-corrected chi connectivity index (χ1v) is 5.86. The third-order valence-corrected chi connectivity index (χ3v) is 3.60. The van der Waals surface area contributed by atoms with E-state index in [1.165, 1.54) is 12.7 Å². The molecular weight excluding hydrogens is 214 g/mol. The van der Waals surface area contributed by atoms with Crippen LogP contribution in [-0.2, 0) is 15.2 Å². The predicted molar refractivity (Wildman–Crippen MR) is 68.7 cm³/mol. The predicted octanol–water partition coefficient (Wildman–Crippen LogP) is 3.71. The van der Waals surface area contributed by atoms with E-state index in [0.29, 0.717) is 0 Å². The van der Waals surface area contributed by atoms with Crippen molar-refractivity contribution >= 4 is 11.4 Å². The zero-order valence-corrected chi connectivity index (χ0v) is 11.1. The third-order valence-electron chi connectivity index (χ3n) is 3.60. The van der Waals surface area contributed by atoms with Gasteiger partial charge in [-0.25, -0.2) is 9.78 Å². The fourth-order valence-electron chi connectivity index (χ4n) is 2.12. The molecule has 17 heavy (non-hydrogen) atoms. The smallest absolute Gasteiger partial charge is 0.115 e. The van der Waals surface area contributed by atoms with Crippen LogP contribution < -0.4 is 0 Å². The molecule has 1 heterocycles. The van der Waals surface area contributed by atoms with Gasteiger partial charge in [-0.1, -0.05) is 26.0 Å². The summed E-state index contributed by atoms with van der Waals surface area (Å²) in [5.74, 6) is 0. The van der Waals surface area contributed by atoms with E-state index < -0.39 is 0 Å². The maximum Gasteiger partial charge on any atom is 0.115 e. The number of rotatable bonds is 3. The number of hydrogen-bond donors (Lipinski definition) is 0. The summed E-state index contributed by atoms with van der Waals surface area (Å²) in [6.07, 6.45) is -0.0676. The van der Waals surface area contributed by atoms with E-state index in [1.54, 1.807) is 0 Å². The summed E-state index contributed by atoms with van der Waals surface area (Å²) in [6, 6.07) is 6.26. The quantitative estimate of drug-likeness (QED) is 0.588. The van der Waals surface area contributed by atoms with Crippen LogP contribution in [0.15, 0.2) is 23.2 Å². The summed E-state index contributed by atoms with van der Waals surface area (Å²) in [5, 5.41) is 0. The van der Waals surface area contributed by atoms with Gasteiger partial charge >= 0.3 is 0 Å². The van der Waals surface area contributed by atoms with Gasteiger partial charge in [-0.05, 0) is 31.0 Å². The lowest BCUT2D eigenvalue weighted by atomic mass is 9.81. The minimum absolute atomic E-state index is 0.0120. The lowest BCUT2D eigenvalue weighted by Crippen LogP contribution is -2.22. The fourth-order valence-corrected chi connectivity index (χ4v) is 2.12. The van der Waals surface area contributed by atoms with Crippen molar-refractivity contribution in [3.05, 3.63) is 29.3 Å². The Kier molecular flexibility index (Phi) is 3.06. The van der Waals surface area contributed by atoms with Gasteiger partial charge < -0.3 is 0 Å². The second kappa shape index (κ2) is 4.24. The minimum atomic E-state index is -0.0676. The van der Waals surface area contributed by atoms with Crippen LogP contribution in [-0.4, -0.2) is 12.8 Å². The van der Waals surface area contributed by atoms with Crippen molar-refractivity contribution in [2.75, 3.05) is 7.11 Å². The third kappa shape index (κ3) is 2.01. The molecule has 0 amide bonds. The van der Waals surface area contributed by atoms with Crippen LogP contribution in [0.5, 0.6) is 0 Å². The Hall–Kier alpha value is -1.19. The first kappa shape index (κ1) is 12.3. The zero-order valence-electron chi connectivity index (χ0n) is 11.1. The minimum Gasteiger partial charge on any atom is -0.257 e. The highest BCUT2D eigenvalue weighted by atomic mass is 17.2. The number of nitrogens with zero attached hydrogens (tertiary/aromatic N) is 1. The van der Waals surface area contributed by atoms with Crippen molar-refractivity contribution in [1.29, 1.82) is 0 Å². The molecule has 1 atom stereocenters. The summed E-state index contributed by atoms with van der Waals surface area (Å²) >= 11 is 0. The molecule has 0 saturated carbocycles. The maximum atomic E-state index is 5.15. The van der Waals surface area contributed by atoms with Crippen molar-refractivity contribution in [2.24, 2.45) is 4.99 Å². The van der Waals surface area contributed by atoms with E-state index in [4.69, 9.17) is 9.78 Å². The lowest BCUT2D eigenvalue weighted by Gasteiger charge is -2.21. The molecule has 0 spiro atoms. The van der Waals surface area contributed by atoms with Crippen molar-refractivity contribution in [1.82, 2.24) is 0 Å². The van der Waals surface area contributed by atoms with Gasteiger partial charge in [0.25, 0.3) is 0 Å². The summed E-state index contributed by atoms with van der Waals surface area (Å²) < 4.78 is 0. The second-order valence-electron chi connectivity index (χ2n) is 5.00. The van der Waals surface area contributed by atoms with Crippen LogP contribution in [0, 0.1) is 0 Å². The maximum absolute atomic E-state index is 5.15. The molecule has 92 valence electrons. The molecule has 0 aliphatic carbocycles. The van der Waals surface area contributed by atoms with Gasteiger partial charge in [-0.2, -0.15) is 0 Å². The SMILES string of the molecule is COOC(C)c1ccc2c(c1)C(C)(C)C(C)=N2. The number of fused-ring (bicyclic) bond motifs is 1. The molecule has 1 aliphatic rings. The highest BCUT2D eigenvalue weighted by Crippen LogP contribution is 2.41. The standard InChI is InChI=1S/C14H19NO2/c1-9(17-16-5)11-6-7-13-12(8-11)14(3,4)10(2)15-13/h6-9H,1-5H3. The van der Waals surface area contributed by atoms with Crippen LogP contribution in [0.2, 0.25) is 0 Å². The Morgan fingerprint density at radius 3 is 2.65 bits per heavy atom. The first-order valence-electron chi connectivity index (χ1n) is 5.86. The average molecular weight is 233 g/mol. The molecule has 0 radical (unpaired) electrons. The van der Waals surface area contributed by atoms with Crippen LogP contribution in [0.1, 0.15) is 44.9 Å². The van der Waals surface area contributed by atoms with Crippen LogP contribution in [0.3, 0.4) is 0 Å². The lowest BCUT2D eigenvalue weighted by molar-refractivity contribution is -0.303. The molecule has 0 saturated heterocycles. The molecule has 2 rings (SSSR count). The summed E-state index contributed by atoms with van der Waals surface area (Å²) in [6.45, 7) is 8.45. The molecule has 1 unspecified atom stereocenters. The molecule has 0 bridgehead atoms. The van der Waals surface area contributed by atoms with E-state index in [1.807, 2.05) is 13.0 Å². The van der Waals surface area contributed by atoms with Gasteiger partial charge in [0.2, 0.25) is 0 Å².